The number of hydrogen-bond donors (Lipinski definition) is 0. The molecule has 2 aromatic heterocycles. The van der Waals surface area contributed by atoms with Crippen LogP contribution in [0.2, 0.25) is 13.3 Å². The van der Waals surface area contributed by atoms with E-state index in [0.29, 0.717) is 17.4 Å². The van der Waals surface area contributed by atoms with Gasteiger partial charge in [-0.3, -0.25) is 0 Å². The fourth-order valence-electron chi connectivity index (χ4n) is 5.29. The van der Waals surface area contributed by atoms with Crippen LogP contribution in [0, 0.1) is 13.8 Å². The van der Waals surface area contributed by atoms with E-state index in [4.69, 9.17) is 8.83 Å². The summed E-state index contributed by atoms with van der Waals surface area (Å²) in [4.78, 5) is 12.3. The molecule has 0 aliphatic carbocycles. The molecular weight excluding hydrogens is 545 g/mol. The standard InChI is InChI=1S/C16H16N3O3.3C4H9.Sn/c1-10-8-12(9-13-15(10)22-16(20)19(13)3)6-4-5-7-14-18-17-11(2)21-14;3*1-3-4-2;/h4,8-9H,5,7H2,1-3H3;3*1,3-4H2,2H3;. The maximum atomic E-state index is 12.3. The van der Waals surface area contributed by atoms with Crippen molar-refractivity contribution in [2.75, 3.05) is 0 Å². The molecule has 6 nitrogen and oxygen atoms in total. The van der Waals surface area contributed by atoms with Gasteiger partial charge in [-0.1, -0.05) is 0 Å². The molecule has 0 aliphatic heterocycles. The van der Waals surface area contributed by atoms with Crippen molar-refractivity contribution in [3.8, 4) is 0 Å². The number of fused-ring (bicyclic) bond motifs is 1. The third-order valence-electron chi connectivity index (χ3n) is 7.26. The van der Waals surface area contributed by atoms with Gasteiger partial charge in [0.15, 0.2) is 0 Å². The Bertz CT molecular complexity index is 1170. The molecule has 35 heavy (non-hydrogen) atoms. The molecular formula is C28H43N3O3Sn. The molecule has 192 valence electrons. The van der Waals surface area contributed by atoms with Gasteiger partial charge in [-0.2, -0.15) is 0 Å². The van der Waals surface area contributed by atoms with E-state index in [-0.39, 0.29) is 5.76 Å². The minimum absolute atomic E-state index is 0.296. The Kier molecular flexibility index (Phi) is 10.2. The molecule has 3 aromatic rings. The number of unbranched alkanes of at least 4 members (excludes halogenated alkanes) is 3. The Hall–Kier alpha value is -1.83. The summed E-state index contributed by atoms with van der Waals surface area (Å²) in [5.74, 6) is 1.03. The number of oxazole rings is 1. The van der Waals surface area contributed by atoms with E-state index in [1.54, 1.807) is 15.2 Å². The second kappa shape index (κ2) is 12.9. The Balaban J connectivity index is 2.15. The van der Waals surface area contributed by atoms with Crippen LogP contribution in [0.3, 0.4) is 0 Å². The van der Waals surface area contributed by atoms with Crippen LogP contribution in [0.1, 0.15) is 88.6 Å². The molecule has 0 atom stereocenters. The van der Waals surface area contributed by atoms with E-state index >= 15 is 0 Å². The summed E-state index contributed by atoms with van der Waals surface area (Å²) in [6, 6.07) is 4.48. The van der Waals surface area contributed by atoms with E-state index < -0.39 is 18.4 Å². The van der Waals surface area contributed by atoms with Crippen LogP contribution in [0.4, 0.5) is 0 Å². The first-order chi connectivity index (χ1) is 16.8. The summed E-state index contributed by atoms with van der Waals surface area (Å²) in [6.45, 7) is 10.8. The van der Waals surface area contributed by atoms with E-state index in [1.165, 1.54) is 57.4 Å². The van der Waals surface area contributed by atoms with Crippen molar-refractivity contribution in [3.63, 3.8) is 0 Å². The average molecular weight is 588 g/mol. The van der Waals surface area contributed by atoms with E-state index in [1.807, 2.05) is 6.92 Å². The molecule has 0 spiro atoms. The Morgan fingerprint density at radius 2 is 1.60 bits per heavy atom. The molecule has 0 aliphatic rings. The molecule has 0 bridgehead atoms. The number of aryl methyl sites for hydroxylation is 4. The predicted molar refractivity (Wildman–Crippen MR) is 146 cm³/mol. The van der Waals surface area contributed by atoms with Gasteiger partial charge in [0, 0.05) is 0 Å². The van der Waals surface area contributed by atoms with Gasteiger partial charge >= 0.3 is 215 Å². The zero-order valence-electron chi connectivity index (χ0n) is 22.6. The first-order valence-corrected chi connectivity index (χ1v) is 20.9. The molecule has 0 radical (unpaired) electrons. The number of allylic oxidation sites excluding steroid dienone is 1. The van der Waals surface area contributed by atoms with E-state index in [2.05, 4.69) is 56.1 Å². The quantitative estimate of drug-likeness (QED) is 0.182. The zero-order valence-corrected chi connectivity index (χ0v) is 25.4. The number of nitrogens with zero attached hydrogens (tertiary/aromatic N) is 3. The van der Waals surface area contributed by atoms with Crippen molar-refractivity contribution < 1.29 is 8.83 Å². The van der Waals surface area contributed by atoms with Crippen molar-refractivity contribution in [1.29, 1.82) is 0 Å². The van der Waals surface area contributed by atoms with Gasteiger partial charge in [-0.15, -0.1) is 0 Å². The molecule has 1 aromatic carbocycles. The van der Waals surface area contributed by atoms with Gasteiger partial charge in [-0.05, 0) is 0 Å². The topological polar surface area (TPSA) is 74.1 Å². The predicted octanol–water partition coefficient (Wildman–Crippen LogP) is 7.54. The molecule has 7 heteroatoms. The first-order valence-electron chi connectivity index (χ1n) is 13.4. The monoisotopic (exact) mass is 589 g/mol. The molecule has 0 saturated carbocycles. The van der Waals surface area contributed by atoms with Gasteiger partial charge in [0.05, 0.1) is 0 Å². The van der Waals surface area contributed by atoms with Gasteiger partial charge in [0.25, 0.3) is 0 Å². The molecule has 2 heterocycles. The van der Waals surface area contributed by atoms with E-state index in [9.17, 15) is 4.79 Å². The molecule has 3 rings (SSSR count). The van der Waals surface area contributed by atoms with Gasteiger partial charge in [-0.25, -0.2) is 0 Å². The van der Waals surface area contributed by atoms with Crippen LogP contribution < -0.4 is 5.76 Å². The summed E-state index contributed by atoms with van der Waals surface area (Å²) in [6.07, 6.45) is 11.8. The van der Waals surface area contributed by atoms with Crippen molar-refractivity contribution >= 4 is 33.1 Å². The van der Waals surface area contributed by atoms with Crippen LogP contribution in [0.15, 0.2) is 31.8 Å². The Labute approximate surface area is 214 Å². The number of aromatic nitrogens is 3. The van der Waals surface area contributed by atoms with Crippen LogP contribution in [-0.4, -0.2) is 33.1 Å². The first kappa shape index (κ1) is 27.8. The second-order valence-corrected chi connectivity index (χ2v) is 23.2. The van der Waals surface area contributed by atoms with Gasteiger partial charge in [0.2, 0.25) is 0 Å². The van der Waals surface area contributed by atoms with Crippen LogP contribution in [0.25, 0.3) is 14.7 Å². The van der Waals surface area contributed by atoms with Gasteiger partial charge in [0.1, 0.15) is 0 Å². The summed E-state index contributed by atoms with van der Waals surface area (Å²) in [5, 5.41) is 8.22. The number of hydrogen-bond acceptors (Lipinski definition) is 5. The summed E-state index contributed by atoms with van der Waals surface area (Å²) in [7, 11) is 1.81. The van der Waals surface area contributed by atoms with Crippen LogP contribution in [0.5, 0.6) is 0 Å². The fourth-order valence-corrected chi connectivity index (χ4v) is 22.4. The van der Waals surface area contributed by atoms with Crippen LogP contribution in [-0.2, 0) is 13.5 Å². The third-order valence-corrected chi connectivity index (χ3v) is 23.2. The molecule has 0 saturated heterocycles. The van der Waals surface area contributed by atoms with Crippen molar-refractivity contribution in [2.24, 2.45) is 7.05 Å². The molecule has 0 unspecified atom stereocenters. The van der Waals surface area contributed by atoms with Crippen LogP contribution >= 0.6 is 0 Å². The fraction of sp³-hybridized carbons (Fsp3) is 0.607. The third kappa shape index (κ3) is 6.69. The van der Waals surface area contributed by atoms with Crippen molar-refractivity contribution in [3.05, 3.63) is 51.7 Å². The van der Waals surface area contributed by atoms with E-state index in [0.717, 1.165) is 23.9 Å². The number of rotatable bonds is 14. The summed E-state index contributed by atoms with van der Waals surface area (Å²) >= 11 is -2.79. The van der Waals surface area contributed by atoms with Crippen molar-refractivity contribution in [1.82, 2.24) is 14.8 Å². The average Bonchev–Trinajstić information content (AvgIpc) is 3.39. The maximum absolute atomic E-state index is 12.3. The zero-order chi connectivity index (χ0) is 25.4. The minimum atomic E-state index is -2.79. The summed E-state index contributed by atoms with van der Waals surface area (Å²) in [5.41, 5.74) is 3.94. The Morgan fingerprint density at radius 1 is 0.971 bits per heavy atom. The second-order valence-electron chi connectivity index (χ2n) is 10.0. The molecule has 0 N–H and O–H groups in total. The summed E-state index contributed by atoms with van der Waals surface area (Å²) < 4.78 is 18.6. The van der Waals surface area contributed by atoms with Gasteiger partial charge < -0.3 is 0 Å². The Morgan fingerprint density at radius 3 is 2.14 bits per heavy atom. The van der Waals surface area contributed by atoms with Crippen molar-refractivity contribution in [2.45, 2.75) is 99.3 Å². The SMILES string of the molecule is CCC[CH2][Sn]([CH2]CCC)([CH2]CCC)/[C](=C/CCc1nnc(C)o1)c1cc(C)c2oc(=O)n(C)c2c1. The molecule has 0 amide bonds. The number of benzene rings is 1. The normalized spacial score (nSPS) is 12.7. The molecule has 0 fully saturated rings.